The first-order chi connectivity index (χ1) is 12.6. The lowest BCUT2D eigenvalue weighted by Crippen LogP contribution is -2.02. The molecule has 0 saturated heterocycles. The molecule has 2 aromatic heterocycles. The highest BCUT2D eigenvalue weighted by Crippen LogP contribution is 2.37. The van der Waals surface area contributed by atoms with E-state index in [0.29, 0.717) is 39.7 Å². The van der Waals surface area contributed by atoms with Gasteiger partial charge in [0.15, 0.2) is 0 Å². The van der Waals surface area contributed by atoms with Gasteiger partial charge in [0.2, 0.25) is 5.88 Å². The summed E-state index contributed by atoms with van der Waals surface area (Å²) < 4.78 is 11.2. The van der Waals surface area contributed by atoms with E-state index in [1.807, 2.05) is 42.5 Å². The van der Waals surface area contributed by atoms with Crippen LogP contribution in [0.2, 0.25) is 5.02 Å². The van der Waals surface area contributed by atoms with Gasteiger partial charge in [-0.05, 0) is 30.2 Å². The lowest BCUT2D eigenvalue weighted by molar-refractivity contribution is 0.485. The number of nitrogens with one attached hydrogen (secondary N) is 1. The van der Waals surface area contributed by atoms with Crippen LogP contribution in [-0.2, 0) is 6.54 Å². The van der Waals surface area contributed by atoms with Gasteiger partial charge in [-0.25, -0.2) is 4.79 Å². The Morgan fingerprint density at radius 2 is 1.73 bits per heavy atom. The molecule has 4 nitrogen and oxygen atoms in total. The second kappa shape index (κ2) is 6.73. The van der Waals surface area contributed by atoms with Crippen LogP contribution in [0.3, 0.4) is 0 Å². The number of hydrogen-bond acceptors (Lipinski definition) is 4. The van der Waals surface area contributed by atoms with E-state index in [9.17, 15) is 4.79 Å². The van der Waals surface area contributed by atoms with Gasteiger partial charge in [-0.1, -0.05) is 54.1 Å². The summed E-state index contributed by atoms with van der Waals surface area (Å²) in [6.45, 7) is 2.30. The third-order valence-electron chi connectivity index (χ3n) is 4.16. The van der Waals surface area contributed by atoms with Crippen molar-refractivity contribution in [3.05, 3.63) is 87.4 Å². The van der Waals surface area contributed by atoms with E-state index in [0.717, 1.165) is 11.1 Å². The summed E-state index contributed by atoms with van der Waals surface area (Å²) in [7, 11) is 0. The van der Waals surface area contributed by atoms with Crippen molar-refractivity contribution < 1.29 is 8.83 Å². The molecular weight excluding hydrogens is 350 g/mol. The molecule has 130 valence electrons. The molecule has 0 aliphatic carbocycles. The Bertz CT molecular complexity index is 1110. The fourth-order valence-corrected chi connectivity index (χ4v) is 3.09. The van der Waals surface area contributed by atoms with Crippen molar-refractivity contribution in [1.82, 2.24) is 0 Å². The summed E-state index contributed by atoms with van der Waals surface area (Å²) in [5, 5.41) is 4.35. The molecule has 0 atom stereocenters. The van der Waals surface area contributed by atoms with Crippen molar-refractivity contribution in [2.45, 2.75) is 13.5 Å². The molecule has 0 aliphatic heterocycles. The second-order valence-corrected chi connectivity index (χ2v) is 6.47. The topological polar surface area (TPSA) is 55.4 Å². The van der Waals surface area contributed by atoms with E-state index in [4.69, 9.17) is 20.4 Å². The van der Waals surface area contributed by atoms with Crippen molar-refractivity contribution in [1.29, 1.82) is 0 Å². The molecule has 0 amide bonds. The number of rotatable bonds is 4. The molecule has 4 aromatic rings. The second-order valence-electron chi connectivity index (χ2n) is 6.04. The molecule has 2 heterocycles. The molecule has 0 aliphatic rings. The zero-order valence-corrected chi connectivity index (χ0v) is 14.8. The molecule has 0 saturated carbocycles. The lowest BCUT2D eigenvalue weighted by Gasteiger charge is -2.07. The standard InChI is InChI=1S/C21H16ClNO3/c1-13-11-17-19(21(24)25-13)18(15-7-9-16(22)10-8-15)20(26-17)23-12-14-5-3-2-4-6-14/h2-11,23H,12H2,1H3. The number of aryl methyl sites for hydroxylation is 1. The maximum Gasteiger partial charge on any atom is 0.347 e. The average Bonchev–Trinajstić information content (AvgIpc) is 3.00. The largest absolute Gasteiger partial charge is 0.440 e. The Kier molecular flexibility index (Phi) is 4.27. The number of fused-ring (bicyclic) bond motifs is 1. The molecule has 26 heavy (non-hydrogen) atoms. The van der Waals surface area contributed by atoms with Gasteiger partial charge in [0.1, 0.15) is 16.7 Å². The molecule has 0 radical (unpaired) electrons. The Morgan fingerprint density at radius 3 is 2.46 bits per heavy atom. The van der Waals surface area contributed by atoms with Gasteiger partial charge in [0, 0.05) is 17.6 Å². The van der Waals surface area contributed by atoms with Gasteiger partial charge < -0.3 is 14.2 Å². The van der Waals surface area contributed by atoms with Crippen LogP contribution in [-0.4, -0.2) is 0 Å². The van der Waals surface area contributed by atoms with Crippen molar-refractivity contribution in [2.24, 2.45) is 0 Å². The highest BCUT2D eigenvalue weighted by atomic mass is 35.5. The third kappa shape index (κ3) is 3.11. The van der Waals surface area contributed by atoms with E-state index in [2.05, 4.69) is 5.32 Å². The Balaban J connectivity index is 1.85. The minimum atomic E-state index is -0.415. The molecule has 1 N–H and O–H groups in total. The average molecular weight is 366 g/mol. The number of halogens is 1. The SMILES string of the molecule is Cc1cc2oc(NCc3ccccc3)c(-c3ccc(Cl)cc3)c2c(=O)o1. The smallest absolute Gasteiger partial charge is 0.347 e. The van der Waals surface area contributed by atoms with Gasteiger partial charge in [0.05, 0.1) is 5.56 Å². The third-order valence-corrected chi connectivity index (χ3v) is 4.41. The van der Waals surface area contributed by atoms with Crippen LogP contribution < -0.4 is 10.9 Å². The Labute approximate surface area is 155 Å². The molecular formula is C21H16ClNO3. The fourth-order valence-electron chi connectivity index (χ4n) is 2.96. The first-order valence-electron chi connectivity index (χ1n) is 8.23. The van der Waals surface area contributed by atoms with Gasteiger partial charge >= 0.3 is 5.63 Å². The number of hydrogen-bond donors (Lipinski definition) is 1. The maximum absolute atomic E-state index is 12.5. The number of benzene rings is 2. The summed E-state index contributed by atoms with van der Waals surface area (Å²) in [4.78, 5) is 12.5. The van der Waals surface area contributed by atoms with Crippen LogP contribution in [0.1, 0.15) is 11.3 Å². The summed E-state index contributed by atoms with van der Waals surface area (Å²) in [6, 6.07) is 19.0. The molecule has 0 spiro atoms. The molecule has 0 unspecified atom stereocenters. The van der Waals surface area contributed by atoms with Crippen LogP contribution in [0.15, 0.2) is 74.3 Å². The van der Waals surface area contributed by atoms with Gasteiger partial charge in [-0.2, -0.15) is 0 Å². The number of anilines is 1. The molecule has 0 fully saturated rings. The fraction of sp³-hybridized carbons (Fsp3) is 0.0952. The first-order valence-corrected chi connectivity index (χ1v) is 8.60. The molecule has 4 rings (SSSR count). The zero-order valence-electron chi connectivity index (χ0n) is 14.1. The predicted molar refractivity (Wildman–Crippen MR) is 104 cm³/mol. The summed E-state index contributed by atoms with van der Waals surface area (Å²) in [5.41, 5.74) is 2.71. The Morgan fingerprint density at radius 1 is 1.00 bits per heavy atom. The predicted octanol–water partition coefficient (Wildman–Crippen LogP) is 5.63. The number of furan rings is 1. The summed E-state index contributed by atoms with van der Waals surface area (Å²) in [5.74, 6) is 1.04. The van der Waals surface area contributed by atoms with Crippen LogP contribution in [0.25, 0.3) is 22.1 Å². The highest BCUT2D eigenvalue weighted by Gasteiger charge is 2.20. The van der Waals surface area contributed by atoms with E-state index < -0.39 is 5.63 Å². The van der Waals surface area contributed by atoms with Crippen LogP contribution in [0, 0.1) is 6.92 Å². The van der Waals surface area contributed by atoms with Crippen molar-refractivity contribution >= 4 is 28.5 Å². The summed E-state index contributed by atoms with van der Waals surface area (Å²) in [6.07, 6.45) is 0. The van der Waals surface area contributed by atoms with E-state index >= 15 is 0 Å². The van der Waals surface area contributed by atoms with Gasteiger partial charge in [0.25, 0.3) is 0 Å². The molecule has 5 heteroatoms. The van der Waals surface area contributed by atoms with Crippen LogP contribution in [0.4, 0.5) is 5.88 Å². The molecule has 0 bridgehead atoms. The summed E-state index contributed by atoms with van der Waals surface area (Å²) >= 11 is 6.01. The minimum absolute atomic E-state index is 0.415. The van der Waals surface area contributed by atoms with Crippen LogP contribution in [0.5, 0.6) is 0 Å². The van der Waals surface area contributed by atoms with Gasteiger partial charge in [-0.3, -0.25) is 0 Å². The normalized spacial score (nSPS) is 11.0. The quantitative estimate of drug-likeness (QED) is 0.509. The van der Waals surface area contributed by atoms with E-state index in [1.54, 1.807) is 25.1 Å². The van der Waals surface area contributed by atoms with Crippen molar-refractivity contribution in [3.63, 3.8) is 0 Å². The van der Waals surface area contributed by atoms with Crippen molar-refractivity contribution in [3.8, 4) is 11.1 Å². The lowest BCUT2D eigenvalue weighted by atomic mass is 10.0. The monoisotopic (exact) mass is 365 g/mol. The first kappa shape index (κ1) is 16.5. The van der Waals surface area contributed by atoms with Gasteiger partial charge in [-0.15, -0.1) is 0 Å². The maximum atomic E-state index is 12.5. The van der Waals surface area contributed by atoms with E-state index in [1.165, 1.54) is 0 Å². The minimum Gasteiger partial charge on any atom is -0.440 e. The Hall–Kier alpha value is -2.98. The van der Waals surface area contributed by atoms with E-state index in [-0.39, 0.29) is 0 Å². The molecule has 2 aromatic carbocycles. The van der Waals surface area contributed by atoms with Crippen LogP contribution >= 0.6 is 11.6 Å². The van der Waals surface area contributed by atoms with Crippen molar-refractivity contribution in [2.75, 3.05) is 5.32 Å². The highest BCUT2D eigenvalue weighted by molar-refractivity contribution is 6.30. The zero-order chi connectivity index (χ0) is 18.1.